The predicted molar refractivity (Wildman–Crippen MR) is 121 cm³/mol. The quantitative estimate of drug-likeness (QED) is 0.597. The first-order chi connectivity index (χ1) is 14.8. The Labute approximate surface area is 192 Å². The van der Waals surface area contributed by atoms with Crippen LogP contribution >= 0.6 is 11.6 Å². The summed E-state index contributed by atoms with van der Waals surface area (Å²) in [5.74, 6) is -0.354. The van der Waals surface area contributed by atoms with Crippen molar-refractivity contribution in [2.45, 2.75) is 62.5 Å². The largest absolute Gasteiger partial charge is 0.389 e. The summed E-state index contributed by atoms with van der Waals surface area (Å²) in [5.41, 5.74) is -0.377. The molecule has 1 aromatic heterocycles. The van der Waals surface area contributed by atoms with E-state index in [0.717, 1.165) is 12.7 Å². The van der Waals surface area contributed by atoms with Gasteiger partial charge in [0.25, 0.3) is 0 Å². The fourth-order valence-corrected chi connectivity index (χ4v) is 5.32. The van der Waals surface area contributed by atoms with Gasteiger partial charge in [-0.15, -0.1) is 0 Å². The minimum Gasteiger partial charge on any atom is -0.389 e. The highest BCUT2D eigenvalue weighted by Gasteiger charge is 2.30. The van der Waals surface area contributed by atoms with Crippen LogP contribution in [0.25, 0.3) is 0 Å². The topological polar surface area (TPSA) is 118 Å². The van der Waals surface area contributed by atoms with Crippen LogP contribution in [-0.4, -0.2) is 46.9 Å². The van der Waals surface area contributed by atoms with E-state index in [4.69, 9.17) is 11.6 Å². The fraction of sp³-hybridized carbons (Fsp3) is 0.500. The maximum Gasteiger partial charge on any atom is 0.233 e. The van der Waals surface area contributed by atoms with Gasteiger partial charge in [0.2, 0.25) is 5.91 Å². The monoisotopic (exact) mass is 481 g/mol. The summed E-state index contributed by atoms with van der Waals surface area (Å²) in [6.07, 6.45) is 4.84. The minimum atomic E-state index is -3.50. The lowest BCUT2D eigenvalue weighted by molar-refractivity contribution is -0.119. The second-order valence-corrected chi connectivity index (χ2v) is 11.5. The van der Waals surface area contributed by atoms with Crippen LogP contribution in [0.2, 0.25) is 5.02 Å². The molecule has 2 N–H and O–H groups in total. The predicted octanol–water partition coefficient (Wildman–Crippen LogP) is 3.19. The number of rotatable bonds is 8. The van der Waals surface area contributed by atoms with E-state index in [1.807, 2.05) is 0 Å². The molecule has 3 rings (SSSR count). The molecule has 1 fully saturated rings. The molecule has 32 heavy (non-hydrogen) atoms. The van der Waals surface area contributed by atoms with Gasteiger partial charge in [-0.05, 0) is 50.3 Å². The van der Waals surface area contributed by atoms with E-state index >= 15 is 0 Å². The van der Waals surface area contributed by atoms with Gasteiger partial charge in [-0.25, -0.2) is 8.42 Å². The molecule has 174 valence electrons. The lowest BCUT2D eigenvalue weighted by Gasteiger charge is -2.20. The molecule has 2 aromatic rings. The summed E-state index contributed by atoms with van der Waals surface area (Å²) in [4.78, 5) is 25.0. The molecule has 1 amide bonds. The van der Waals surface area contributed by atoms with E-state index in [1.165, 1.54) is 16.8 Å². The van der Waals surface area contributed by atoms with Crippen LogP contribution in [0.3, 0.4) is 0 Å². The Kier molecular flexibility index (Phi) is 7.12. The first-order valence-electron chi connectivity index (χ1n) is 10.4. The minimum absolute atomic E-state index is 0.00322. The fourth-order valence-electron chi connectivity index (χ4n) is 3.98. The number of sulfone groups is 1. The number of aromatic nitrogens is 2. The molecule has 0 bridgehead atoms. The molecular formula is C22H28ClN3O5S. The maximum atomic E-state index is 13.2. The molecule has 2 atom stereocenters. The molecule has 10 heteroatoms. The van der Waals surface area contributed by atoms with Gasteiger partial charge >= 0.3 is 0 Å². The van der Waals surface area contributed by atoms with Crippen molar-refractivity contribution in [1.29, 1.82) is 0 Å². The smallest absolute Gasteiger partial charge is 0.233 e. The Morgan fingerprint density at radius 3 is 2.66 bits per heavy atom. The number of carbonyl (C=O) groups excluding carboxylic acids is 2. The van der Waals surface area contributed by atoms with Gasteiger partial charge in [-0.3, -0.25) is 14.3 Å². The van der Waals surface area contributed by atoms with Crippen LogP contribution in [0.15, 0.2) is 35.4 Å². The van der Waals surface area contributed by atoms with Crippen molar-refractivity contribution in [1.82, 2.24) is 9.78 Å². The zero-order valence-electron chi connectivity index (χ0n) is 18.3. The third kappa shape index (κ3) is 6.40. The first kappa shape index (κ1) is 24.4. The number of hydrogen-bond donors (Lipinski definition) is 2. The SMILES string of the molecule is CC(C)(O)Cn1ccc(NC(=O)C(C[C@H]2CCC(=O)C2)c2ccc(S(C)(=O)=O)c(Cl)c2)n1. The van der Waals surface area contributed by atoms with Gasteiger partial charge in [0, 0.05) is 31.4 Å². The molecule has 0 aliphatic heterocycles. The van der Waals surface area contributed by atoms with Crippen LogP contribution in [-0.2, 0) is 26.0 Å². The van der Waals surface area contributed by atoms with Crippen molar-refractivity contribution in [2.24, 2.45) is 5.92 Å². The highest BCUT2D eigenvalue weighted by atomic mass is 35.5. The van der Waals surface area contributed by atoms with E-state index in [9.17, 15) is 23.1 Å². The third-order valence-corrected chi connectivity index (χ3v) is 7.01. The summed E-state index contributed by atoms with van der Waals surface area (Å²) >= 11 is 6.22. The molecule has 1 aliphatic rings. The normalized spacial score (nSPS) is 18.0. The Morgan fingerprint density at radius 2 is 2.09 bits per heavy atom. The number of Topliss-reactive ketones (excluding diaryl/α,β-unsaturated/α-hetero) is 1. The second kappa shape index (κ2) is 9.33. The standard InChI is InChI=1S/C22H28ClN3O5S/c1-22(2,29)13-26-9-8-20(25-26)24-21(28)17(11-14-4-6-16(27)10-14)15-5-7-19(18(23)12-15)32(3,30)31/h5,7-9,12,14,17,29H,4,6,10-11,13H2,1-3H3,(H,24,25,28)/t14-,17?/m0/s1. The van der Waals surface area contributed by atoms with Crippen molar-refractivity contribution in [3.8, 4) is 0 Å². The summed E-state index contributed by atoms with van der Waals surface area (Å²) in [6, 6.07) is 6.15. The Hall–Kier alpha value is -2.23. The number of anilines is 1. The van der Waals surface area contributed by atoms with Gasteiger partial charge in [0.1, 0.15) is 5.78 Å². The molecule has 1 aliphatic carbocycles. The number of carbonyl (C=O) groups is 2. The van der Waals surface area contributed by atoms with E-state index < -0.39 is 21.4 Å². The molecule has 1 unspecified atom stereocenters. The second-order valence-electron chi connectivity index (χ2n) is 9.10. The zero-order chi connectivity index (χ0) is 23.7. The van der Waals surface area contributed by atoms with E-state index in [2.05, 4.69) is 10.4 Å². The van der Waals surface area contributed by atoms with Crippen LogP contribution < -0.4 is 5.32 Å². The van der Waals surface area contributed by atoms with E-state index in [-0.39, 0.29) is 34.1 Å². The molecule has 0 radical (unpaired) electrons. The van der Waals surface area contributed by atoms with Gasteiger partial charge in [0.15, 0.2) is 15.7 Å². The van der Waals surface area contributed by atoms with Crippen LogP contribution in [0.1, 0.15) is 51.0 Å². The number of amides is 1. The summed E-state index contributed by atoms with van der Waals surface area (Å²) in [5, 5.41) is 17.1. The van der Waals surface area contributed by atoms with E-state index in [1.54, 1.807) is 32.2 Å². The van der Waals surface area contributed by atoms with Gasteiger partial charge in [-0.2, -0.15) is 5.10 Å². The highest BCUT2D eigenvalue weighted by Crippen LogP contribution is 2.35. The average Bonchev–Trinajstić information content (AvgIpc) is 3.25. The number of hydrogen-bond acceptors (Lipinski definition) is 6. The molecule has 8 nitrogen and oxygen atoms in total. The lowest BCUT2D eigenvalue weighted by atomic mass is 9.87. The van der Waals surface area contributed by atoms with Crippen molar-refractivity contribution in [2.75, 3.05) is 11.6 Å². The molecule has 1 heterocycles. The molecular weight excluding hydrogens is 454 g/mol. The Balaban J connectivity index is 1.85. The van der Waals surface area contributed by atoms with Gasteiger partial charge < -0.3 is 10.4 Å². The highest BCUT2D eigenvalue weighted by molar-refractivity contribution is 7.90. The molecule has 1 saturated carbocycles. The first-order valence-corrected chi connectivity index (χ1v) is 12.7. The number of benzene rings is 1. The van der Waals surface area contributed by atoms with Crippen LogP contribution in [0.5, 0.6) is 0 Å². The summed E-state index contributed by atoms with van der Waals surface area (Å²) in [7, 11) is -3.50. The Bertz CT molecular complexity index is 1120. The Morgan fingerprint density at radius 1 is 1.38 bits per heavy atom. The number of ketones is 1. The van der Waals surface area contributed by atoms with Crippen molar-refractivity contribution >= 4 is 38.9 Å². The summed E-state index contributed by atoms with van der Waals surface area (Å²) in [6.45, 7) is 3.59. The van der Waals surface area contributed by atoms with Crippen LogP contribution in [0, 0.1) is 5.92 Å². The zero-order valence-corrected chi connectivity index (χ0v) is 19.9. The van der Waals surface area contributed by atoms with Crippen molar-refractivity contribution in [3.63, 3.8) is 0 Å². The van der Waals surface area contributed by atoms with Crippen molar-refractivity contribution < 1.29 is 23.1 Å². The molecule has 1 aromatic carbocycles. The van der Waals surface area contributed by atoms with Gasteiger partial charge in [0.05, 0.1) is 28.0 Å². The third-order valence-electron chi connectivity index (χ3n) is 5.43. The molecule has 0 saturated heterocycles. The summed E-state index contributed by atoms with van der Waals surface area (Å²) < 4.78 is 25.3. The maximum absolute atomic E-state index is 13.2. The number of halogens is 1. The number of nitrogens with zero attached hydrogens (tertiary/aromatic N) is 2. The number of aliphatic hydroxyl groups is 1. The number of nitrogens with one attached hydrogen (secondary N) is 1. The van der Waals surface area contributed by atoms with Crippen molar-refractivity contribution in [3.05, 3.63) is 41.0 Å². The van der Waals surface area contributed by atoms with Gasteiger partial charge in [-0.1, -0.05) is 17.7 Å². The lowest BCUT2D eigenvalue weighted by Crippen LogP contribution is -2.27. The average molecular weight is 482 g/mol. The van der Waals surface area contributed by atoms with Crippen LogP contribution in [0.4, 0.5) is 5.82 Å². The molecule has 0 spiro atoms. The van der Waals surface area contributed by atoms with E-state index in [0.29, 0.717) is 30.6 Å².